The number of rotatable bonds is 1. The third-order valence-corrected chi connectivity index (χ3v) is 3.78. The van der Waals surface area contributed by atoms with Gasteiger partial charge in [0, 0.05) is 5.92 Å². The first-order valence-electron chi connectivity index (χ1n) is 6.27. The first-order chi connectivity index (χ1) is 8.77. The second kappa shape index (κ2) is 4.54. The van der Waals surface area contributed by atoms with Crippen LogP contribution in [0.25, 0.3) is 0 Å². The topological polar surface area (TPSA) is 20.2 Å². The summed E-state index contributed by atoms with van der Waals surface area (Å²) in [7, 11) is 0. The molecular weight excluding hydrogens is 227 g/mol. The van der Waals surface area contributed by atoms with Gasteiger partial charge < -0.3 is 5.11 Å². The highest BCUT2D eigenvalue weighted by molar-refractivity contribution is 5.36. The fourth-order valence-electron chi connectivity index (χ4n) is 2.84. The molecule has 1 N–H and O–H groups in total. The molecule has 0 unspecified atom stereocenters. The van der Waals surface area contributed by atoms with Crippen LogP contribution in [0.2, 0.25) is 0 Å². The van der Waals surface area contributed by atoms with Gasteiger partial charge in [0.1, 0.15) is 5.82 Å². The van der Waals surface area contributed by atoms with E-state index < -0.39 is 6.10 Å². The minimum absolute atomic E-state index is 0.138. The van der Waals surface area contributed by atoms with Gasteiger partial charge in [-0.3, -0.25) is 0 Å². The predicted octanol–water partition coefficient (Wildman–Crippen LogP) is 3.59. The lowest BCUT2D eigenvalue weighted by Gasteiger charge is -2.30. The Balaban J connectivity index is 2.00. The number of halogens is 1. The summed E-state index contributed by atoms with van der Waals surface area (Å²) < 4.78 is 13.8. The highest BCUT2D eigenvalue weighted by atomic mass is 19.1. The summed E-state index contributed by atoms with van der Waals surface area (Å²) >= 11 is 0. The molecule has 2 atom stereocenters. The fraction of sp³-hybridized carbons (Fsp3) is 0.250. The molecule has 0 bridgehead atoms. The Morgan fingerprint density at radius 2 is 1.61 bits per heavy atom. The van der Waals surface area contributed by atoms with E-state index in [9.17, 15) is 9.50 Å². The maximum absolute atomic E-state index is 13.8. The van der Waals surface area contributed by atoms with Crippen molar-refractivity contribution in [2.45, 2.75) is 24.9 Å². The van der Waals surface area contributed by atoms with Crippen LogP contribution in [0.4, 0.5) is 4.39 Å². The quantitative estimate of drug-likeness (QED) is 0.810. The summed E-state index contributed by atoms with van der Waals surface area (Å²) in [5.41, 5.74) is 2.74. The Hall–Kier alpha value is -1.67. The van der Waals surface area contributed by atoms with Crippen molar-refractivity contribution in [1.29, 1.82) is 0 Å². The van der Waals surface area contributed by atoms with Crippen molar-refractivity contribution in [2.75, 3.05) is 0 Å². The van der Waals surface area contributed by atoms with Crippen LogP contribution in [-0.4, -0.2) is 5.11 Å². The molecule has 18 heavy (non-hydrogen) atoms. The van der Waals surface area contributed by atoms with E-state index in [2.05, 4.69) is 0 Å². The number of fused-ring (bicyclic) bond motifs is 1. The maximum Gasteiger partial charge on any atom is 0.126 e. The summed E-state index contributed by atoms with van der Waals surface area (Å²) in [6, 6.07) is 14.6. The van der Waals surface area contributed by atoms with Crippen LogP contribution < -0.4 is 0 Å². The second-order valence-corrected chi connectivity index (χ2v) is 4.81. The molecule has 0 amide bonds. The molecule has 3 rings (SSSR count). The van der Waals surface area contributed by atoms with E-state index in [1.54, 1.807) is 12.1 Å². The SMILES string of the molecule is O[C@H]1c2ccccc2CC[C@H]1c1ccccc1F. The number of aryl methyl sites for hydroxylation is 1. The first kappa shape index (κ1) is 11.4. The van der Waals surface area contributed by atoms with Crippen LogP contribution >= 0.6 is 0 Å². The highest BCUT2D eigenvalue weighted by Gasteiger charge is 2.30. The predicted molar refractivity (Wildman–Crippen MR) is 68.9 cm³/mol. The molecule has 2 aromatic rings. The van der Waals surface area contributed by atoms with Gasteiger partial charge in [-0.2, -0.15) is 0 Å². The van der Waals surface area contributed by atoms with E-state index in [1.807, 2.05) is 30.3 Å². The number of aliphatic hydroxyl groups excluding tert-OH is 1. The Kier molecular flexibility index (Phi) is 2.88. The molecule has 0 spiro atoms. The van der Waals surface area contributed by atoms with Crippen molar-refractivity contribution >= 4 is 0 Å². The third-order valence-electron chi connectivity index (χ3n) is 3.78. The molecule has 0 aliphatic heterocycles. The lowest BCUT2D eigenvalue weighted by Crippen LogP contribution is -2.19. The monoisotopic (exact) mass is 242 g/mol. The average Bonchev–Trinajstić information content (AvgIpc) is 2.41. The highest BCUT2D eigenvalue weighted by Crippen LogP contribution is 2.41. The van der Waals surface area contributed by atoms with E-state index in [4.69, 9.17) is 0 Å². The van der Waals surface area contributed by atoms with Crippen LogP contribution in [0.5, 0.6) is 0 Å². The molecule has 0 radical (unpaired) electrons. The van der Waals surface area contributed by atoms with E-state index in [-0.39, 0.29) is 11.7 Å². The zero-order valence-corrected chi connectivity index (χ0v) is 10.0. The van der Waals surface area contributed by atoms with Gasteiger partial charge in [-0.05, 0) is 35.6 Å². The maximum atomic E-state index is 13.8. The van der Waals surface area contributed by atoms with E-state index >= 15 is 0 Å². The summed E-state index contributed by atoms with van der Waals surface area (Å²) in [6.45, 7) is 0. The minimum atomic E-state index is -0.605. The van der Waals surface area contributed by atoms with E-state index in [0.717, 1.165) is 18.4 Å². The zero-order chi connectivity index (χ0) is 12.5. The lowest BCUT2D eigenvalue weighted by atomic mass is 9.78. The number of hydrogen-bond acceptors (Lipinski definition) is 1. The van der Waals surface area contributed by atoms with Crippen molar-refractivity contribution < 1.29 is 9.50 Å². The number of benzene rings is 2. The van der Waals surface area contributed by atoms with Gasteiger partial charge in [0.05, 0.1) is 6.10 Å². The summed E-state index contributed by atoms with van der Waals surface area (Å²) in [5.74, 6) is -0.359. The minimum Gasteiger partial charge on any atom is -0.388 e. The Morgan fingerprint density at radius 3 is 2.39 bits per heavy atom. The molecule has 0 heterocycles. The molecule has 1 aliphatic carbocycles. The fourth-order valence-corrected chi connectivity index (χ4v) is 2.84. The summed E-state index contributed by atoms with van der Waals surface area (Å²) in [6.07, 6.45) is 1.08. The molecule has 0 saturated carbocycles. The third kappa shape index (κ3) is 1.83. The molecule has 2 aromatic carbocycles. The van der Waals surface area contributed by atoms with Gasteiger partial charge in [0.25, 0.3) is 0 Å². The van der Waals surface area contributed by atoms with E-state index in [0.29, 0.717) is 5.56 Å². The second-order valence-electron chi connectivity index (χ2n) is 4.81. The molecule has 1 nitrogen and oxygen atoms in total. The van der Waals surface area contributed by atoms with Crippen molar-refractivity contribution in [3.63, 3.8) is 0 Å². The van der Waals surface area contributed by atoms with Gasteiger partial charge in [0.15, 0.2) is 0 Å². The average molecular weight is 242 g/mol. The summed E-state index contributed by atoms with van der Waals surface area (Å²) in [5, 5.41) is 10.4. The van der Waals surface area contributed by atoms with Gasteiger partial charge in [-0.25, -0.2) is 4.39 Å². The lowest BCUT2D eigenvalue weighted by molar-refractivity contribution is 0.130. The molecule has 0 saturated heterocycles. The molecule has 92 valence electrons. The van der Waals surface area contributed by atoms with Gasteiger partial charge in [0.2, 0.25) is 0 Å². The largest absolute Gasteiger partial charge is 0.388 e. The normalized spacial score (nSPS) is 22.6. The van der Waals surface area contributed by atoms with Crippen LogP contribution in [0.1, 0.15) is 35.1 Å². The molecular formula is C16H15FO. The van der Waals surface area contributed by atoms with Crippen molar-refractivity contribution in [1.82, 2.24) is 0 Å². The van der Waals surface area contributed by atoms with E-state index in [1.165, 1.54) is 11.6 Å². The van der Waals surface area contributed by atoms with Crippen LogP contribution in [0.3, 0.4) is 0 Å². The van der Waals surface area contributed by atoms with Crippen LogP contribution in [-0.2, 0) is 6.42 Å². The first-order valence-corrected chi connectivity index (χ1v) is 6.27. The van der Waals surface area contributed by atoms with Crippen LogP contribution in [0, 0.1) is 5.82 Å². The van der Waals surface area contributed by atoms with Gasteiger partial charge >= 0.3 is 0 Å². The molecule has 2 heteroatoms. The molecule has 1 aliphatic rings. The number of hydrogen-bond donors (Lipinski definition) is 1. The van der Waals surface area contributed by atoms with Gasteiger partial charge in [-0.1, -0.05) is 42.5 Å². The van der Waals surface area contributed by atoms with Crippen molar-refractivity contribution in [3.8, 4) is 0 Å². The summed E-state index contributed by atoms with van der Waals surface area (Å²) in [4.78, 5) is 0. The Morgan fingerprint density at radius 1 is 0.944 bits per heavy atom. The Bertz CT molecular complexity index is 565. The van der Waals surface area contributed by atoms with Crippen molar-refractivity contribution in [3.05, 3.63) is 71.0 Å². The Labute approximate surface area is 106 Å². The molecule has 0 fully saturated rings. The smallest absolute Gasteiger partial charge is 0.126 e. The number of aliphatic hydroxyl groups is 1. The zero-order valence-electron chi connectivity index (χ0n) is 10.0. The van der Waals surface area contributed by atoms with Gasteiger partial charge in [-0.15, -0.1) is 0 Å². The standard InChI is InChI=1S/C16H15FO/c17-15-8-4-3-7-13(15)14-10-9-11-5-1-2-6-12(11)16(14)18/h1-8,14,16,18H,9-10H2/t14-,16-/m0/s1. The van der Waals surface area contributed by atoms with Crippen LogP contribution in [0.15, 0.2) is 48.5 Å². The molecule has 0 aromatic heterocycles. The van der Waals surface area contributed by atoms with Crippen molar-refractivity contribution in [2.24, 2.45) is 0 Å².